The molecule has 144 valence electrons. The fraction of sp³-hybridized carbons (Fsp3) is 0.350. The van der Waals surface area contributed by atoms with Crippen LogP contribution in [0.4, 0.5) is 5.69 Å². The predicted molar refractivity (Wildman–Crippen MR) is 103 cm³/mol. The number of aliphatic hydroxyl groups excluding tert-OH is 1. The summed E-state index contributed by atoms with van der Waals surface area (Å²) < 4.78 is 29.6. The van der Waals surface area contributed by atoms with Gasteiger partial charge in [0.2, 0.25) is 0 Å². The van der Waals surface area contributed by atoms with Gasteiger partial charge in [0.15, 0.2) is 9.84 Å². The molecule has 2 aromatic rings. The van der Waals surface area contributed by atoms with Crippen molar-refractivity contribution in [3.8, 4) is 5.75 Å². The van der Waals surface area contributed by atoms with E-state index in [4.69, 9.17) is 4.74 Å². The van der Waals surface area contributed by atoms with Crippen LogP contribution < -0.4 is 9.64 Å². The number of rotatable bonds is 5. The van der Waals surface area contributed by atoms with E-state index in [1.54, 1.807) is 11.0 Å². The van der Waals surface area contributed by atoms with Crippen LogP contribution in [0.3, 0.4) is 0 Å². The second kappa shape index (κ2) is 7.32. The van der Waals surface area contributed by atoms with Crippen LogP contribution in [0, 0.1) is 0 Å². The maximum Gasteiger partial charge on any atom is 0.262 e. The van der Waals surface area contributed by atoms with E-state index < -0.39 is 9.84 Å². The lowest BCUT2D eigenvalue weighted by atomic mass is 10.1. The third kappa shape index (κ3) is 3.84. The van der Waals surface area contributed by atoms with E-state index in [0.29, 0.717) is 18.7 Å². The highest BCUT2D eigenvalue weighted by Crippen LogP contribution is 2.34. The zero-order valence-corrected chi connectivity index (χ0v) is 16.4. The number of ether oxygens (including phenoxy) is 1. The van der Waals surface area contributed by atoms with Crippen LogP contribution in [0.15, 0.2) is 41.3 Å². The Kier molecular flexibility index (Phi) is 5.26. The average Bonchev–Trinajstić information content (AvgIpc) is 3.04. The minimum atomic E-state index is -3.46. The zero-order valence-electron chi connectivity index (χ0n) is 15.6. The number of amides is 1. The van der Waals surface area contributed by atoms with Crippen molar-refractivity contribution in [2.75, 3.05) is 17.7 Å². The van der Waals surface area contributed by atoms with Crippen molar-refractivity contribution in [3.63, 3.8) is 0 Å². The fourth-order valence-corrected chi connectivity index (χ4v) is 3.92. The molecular weight excluding hydrogens is 366 g/mol. The number of carbonyl (C=O) groups is 1. The van der Waals surface area contributed by atoms with Gasteiger partial charge < -0.3 is 14.7 Å². The topological polar surface area (TPSA) is 83.9 Å². The first-order valence-electron chi connectivity index (χ1n) is 8.76. The lowest BCUT2D eigenvalue weighted by Gasteiger charge is -2.21. The molecule has 2 aromatic carbocycles. The number of nitrogens with zero attached hydrogens (tertiary/aromatic N) is 1. The molecule has 1 N–H and O–H groups in total. The Morgan fingerprint density at radius 1 is 1.26 bits per heavy atom. The van der Waals surface area contributed by atoms with E-state index >= 15 is 0 Å². The van der Waals surface area contributed by atoms with E-state index in [1.165, 1.54) is 18.2 Å². The van der Waals surface area contributed by atoms with Crippen molar-refractivity contribution >= 4 is 21.4 Å². The van der Waals surface area contributed by atoms with Crippen LogP contribution in [0.2, 0.25) is 0 Å². The van der Waals surface area contributed by atoms with Crippen LogP contribution in [-0.4, -0.2) is 38.3 Å². The summed E-state index contributed by atoms with van der Waals surface area (Å²) in [4.78, 5) is 15.0. The molecule has 0 aliphatic carbocycles. The van der Waals surface area contributed by atoms with Crippen molar-refractivity contribution in [2.24, 2.45) is 0 Å². The van der Waals surface area contributed by atoms with E-state index in [-0.39, 0.29) is 29.1 Å². The van der Waals surface area contributed by atoms with Crippen LogP contribution in [0.1, 0.15) is 35.3 Å². The lowest BCUT2D eigenvalue weighted by Crippen LogP contribution is -2.29. The average molecular weight is 389 g/mol. The standard InChI is InChI=1S/C20H23NO5S/c1-13(2)26-19-8-7-15(27(3,24)25)11-17(19)20(23)21-10-9-16-14(12-22)5-4-6-18(16)21/h4-8,11,13,22H,9-10,12H2,1-3H3. The second-order valence-electron chi connectivity index (χ2n) is 6.88. The smallest absolute Gasteiger partial charge is 0.262 e. The lowest BCUT2D eigenvalue weighted by molar-refractivity contribution is 0.0983. The van der Waals surface area contributed by atoms with Gasteiger partial charge in [-0.2, -0.15) is 0 Å². The summed E-state index contributed by atoms with van der Waals surface area (Å²) in [6.07, 6.45) is 1.59. The van der Waals surface area contributed by atoms with E-state index in [1.807, 2.05) is 26.0 Å². The molecule has 3 rings (SSSR count). The predicted octanol–water partition coefficient (Wildman–Crippen LogP) is 2.57. The Morgan fingerprint density at radius 2 is 2.00 bits per heavy atom. The first-order chi connectivity index (χ1) is 12.7. The summed E-state index contributed by atoms with van der Waals surface area (Å²) in [6, 6.07) is 9.83. The molecule has 0 radical (unpaired) electrons. The zero-order chi connectivity index (χ0) is 19.8. The third-order valence-corrected chi connectivity index (χ3v) is 5.62. The quantitative estimate of drug-likeness (QED) is 0.850. The molecule has 1 aliphatic rings. The Balaban J connectivity index is 2.07. The number of hydrogen-bond donors (Lipinski definition) is 1. The first-order valence-corrected chi connectivity index (χ1v) is 10.7. The highest BCUT2D eigenvalue weighted by atomic mass is 32.2. The maximum atomic E-state index is 13.3. The molecule has 6 nitrogen and oxygen atoms in total. The van der Waals surface area contributed by atoms with E-state index in [2.05, 4.69) is 0 Å². The van der Waals surface area contributed by atoms with E-state index in [9.17, 15) is 18.3 Å². The van der Waals surface area contributed by atoms with Gasteiger partial charge in [0.1, 0.15) is 5.75 Å². The summed E-state index contributed by atoms with van der Waals surface area (Å²) in [5.41, 5.74) is 2.70. The van der Waals surface area contributed by atoms with Crippen molar-refractivity contribution in [1.29, 1.82) is 0 Å². The van der Waals surface area contributed by atoms with Crippen molar-refractivity contribution in [3.05, 3.63) is 53.1 Å². The molecule has 0 saturated carbocycles. The molecule has 0 spiro atoms. The summed E-state index contributed by atoms with van der Waals surface area (Å²) in [5.74, 6) is 0.0409. The molecule has 0 bridgehead atoms. The number of fused-ring (bicyclic) bond motifs is 1. The highest BCUT2D eigenvalue weighted by molar-refractivity contribution is 7.90. The highest BCUT2D eigenvalue weighted by Gasteiger charge is 2.29. The van der Waals surface area contributed by atoms with Gasteiger partial charge in [0.25, 0.3) is 5.91 Å². The Morgan fingerprint density at radius 3 is 2.63 bits per heavy atom. The molecule has 1 amide bonds. The molecule has 7 heteroatoms. The van der Waals surface area contributed by atoms with Crippen molar-refractivity contribution in [1.82, 2.24) is 0 Å². The monoisotopic (exact) mass is 389 g/mol. The number of anilines is 1. The molecule has 0 aromatic heterocycles. The minimum absolute atomic E-state index is 0.0745. The molecular formula is C20H23NO5S. The molecule has 0 saturated heterocycles. The molecule has 0 fully saturated rings. The van der Waals surface area contributed by atoms with Crippen LogP contribution in [0.25, 0.3) is 0 Å². The Labute approximate surface area is 159 Å². The fourth-order valence-electron chi connectivity index (χ4n) is 3.27. The van der Waals surface area contributed by atoms with Crippen molar-refractivity contribution in [2.45, 2.75) is 37.9 Å². The number of benzene rings is 2. The normalized spacial score (nSPS) is 13.7. The van der Waals surface area contributed by atoms with Gasteiger partial charge in [0, 0.05) is 18.5 Å². The molecule has 1 heterocycles. The summed E-state index contributed by atoms with van der Waals surface area (Å²) in [6.45, 7) is 4.07. The van der Waals surface area contributed by atoms with Gasteiger partial charge >= 0.3 is 0 Å². The second-order valence-corrected chi connectivity index (χ2v) is 8.89. The van der Waals surface area contributed by atoms with Gasteiger partial charge in [-0.3, -0.25) is 4.79 Å². The number of sulfone groups is 1. The third-order valence-electron chi connectivity index (χ3n) is 4.51. The molecule has 27 heavy (non-hydrogen) atoms. The molecule has 1 aliphatic heterocycles. The maximum absolute atomic E-state index is 13.3. The number of carbonyl (C=O) groups excluding carboxylic acids is 1. The van der Waals surface area contributed by atoms with Gasteiger partial charge in [0.05, 0.1) is 23.2 Å². The Hall–Kier alpha value is -2.38. The summed E-state index contributed by atoms with van der Waals surface area (Å²) >= 11 is 0. The first kappa shape index (κ1) is 19.4. The number of hydrogen-bond acceptors (Lipinski definition) is 5. The molecule has 0 unspecified atom stereocenters. The summed E-state index contributed by atoms with van der Waals surface area (Å²) in [5, 5.41) is 9.52. The largest absolute Gasteiger partial charge is 0.490 e. The SMILES string of the molecule is CC(C)Oc1ccc(S(C)(=O)=O)cc1C(=O)N1CCc2c(CO)cccc21. The van der Waals surface area contributed by atoms with Crippen LogP contribution >= 0.6 is 0 Å². The van der Waals surface area contributed by atoms with Crippen LogP contribution in [0.5, 0.6) is 5.75 Å². The Bertz CT molecular complexity index is 982. The van der Waals surface area contributed by atoms with Gasteiger partial charge in [-0.25, -0.2) is 8.42 Å². The van der Waals surface area contributed by atoms with E-state index in [0.717, 1.165) is 23.1 Å². The van der Waals surface area contributed by atoms with Crippen molar-refractivity contribution < 1.29 is 23.1 Å². The van der Waals surface area contributed by atoms with Gasteiger partial charge in [-0.15, -0.1) is 0 Å². The summed E-state index contributed by atoms with van der Waals surface area (Å²) in [7, 11) is -3.46. The minimum Gasteiger partial charge on any atom is -0.490 e. The number of aliphatic hydroxyl groups is 1. The van der Waals surface area contributed by atoms with Gasteiger partial charge in [-0.05, 0) is 55.7 Å². The van der Waals surface area contributed by atoms with Gasteiger partial charge in [-0.1, -0.05) is 12.1 Å². The van der Waals surface area contributed by atoms with Crippen LogP contribution in [-0.2, 0) is 22.9 Å². The molecule has 0 atom stereocenters.